The maximum Gasteiger partial charge on any atom is 0.306 e. The van der Waals surface area contributed by atoms with Crippen LogP contribution in [0.25, 0.3) is 5.69 Å². The molecule has 4 rings (SSSR count). The van der Waals surface area contributed by atoms with Crippen LogP contribution in [0, 0.1) is 25.2 Å². The van der Waals surface area contributed by atoms with Crippen molar-refractivity contribution in [3.63, 3.8) is 0 Å². The van der Waals surface area contributed by atoms with Crippen molar-refractivity contribution in [2.24, 2.45) is 0 Å². The minimum Gasteiger partial charge on any atom is -0.456 e. The highest BCUT2D eigenvalue weighted by atomic mass is 16.5. The highest BCUT2D eigenvalue weighted by molar-refractivity contribution is 6.21. The van der Waals surface area contributed by atoms with Crippen LogP contribution in [0.3, 0.4) is 0 Å². The molecular weight excluding hydrogens is 460 g/mol. The Labute approximate surface area is 207 Å². The Morgan fingerprint density at radius 3 is 2.19 bits per heavy atom. The Hall–Kier alpha value is -4.71. The largest absolute Gasteiger partial charge is 0.456 e. The SMILES string of the molecule is Cc1c(C#N)c(NC(=O)COC(=O)CCCN2C(=O)c3ccccc3C2=O)n(-c2ccccc2)c1C. The van der Waals surface area contributed by atoms with Gasteiger partial charge in [0, 0.05) is 24.3 Å². The summed E-state index contributed by atoms with van der Waals surface area (Å²) in [6.07, 6.45) is 0.141. The average Bonchev–Trinajstić information content (AvgIpc) is 3.27. The van der Waals surface area contributed by atoms with Crippen LogP contribution < -0.4 is 5.32 Å². The molecule has 0 spiro atoms. The van der Waals surface area contributed by atoms with E-state index in [1.54, 1.807) is 35.8 Å². The summed E-state index contributed by atoms with van der Waals surface area (Å²) in [6.45, 7) is 3.20. The second kappa shape index (κ2) is 10.3. The molecule has 0 fully saturated rings. The predicted molar refractivity (Wildman–Crippen MR) is 131 cm³/mol. The number of carbonyl (C=O) groups is 4. The van der Waals surface area contributed by atoms with Crippen molar-refractivity contribution >= 4 is 29.5 Å². The first-order chi connectivity index (χ1) is 17.3. The number of rotatable bonds is 8. The Morgan fingerprint density at radius 1 is 0.972 bits per heavy atom. The molecule has 1 aliphatic rings. The lowest BCUT2D eigenvalue weighted by molar-refractivity contribution is -0.147. The van der Waals surface area contributed by atoms with Gasteiger partial charge < -0.3 is 10.1 Å². The van der Waals surface area contributed by atoms with Crippen molar-refractivity contribution in [2.75, 3.05) is 18.5 Å². The van der Waals surface area contributed by atoms with Crippen molar-refractivity contribution in [1.29, 1.82) is 5.26 Å². The summed E-state index contributed by atoms with van der Waals surface area (Å²) in [5, 5.41) is 12.3. The molecule has 2 aromatic carbocycles. The highest BCUT2D eigenvalue weighted by Crippen LogP contribution is 2.30. The summed E-state index contributed by atoms with van der Waals surface area (Å²) in [5.41, 5.74) is 3.35. The van der Waals surface area contributed by atoms with E-state index in [2.05, 4.69) is 11.4 Å². The summed E-state index contributed by atoms with van der Waals surface area (Å²) >= 11 is 0. The number of esters is 1. The fourth-order valence-corrected chi connectivity index (χ4v) is 4.17. The van der Waals surface area contributed by atoms with Crippen LogP contribution in [0.2, 0.25) is 0 Å². The quantitative estimate of drug-likeness (QED) is 0.386. The third kappa shape index (κ3) is 4.61. The third-order valence-corrected chi connectivity index (χ3v) is 6.10. The van der Waals surface area contributed by atoms with Gasteiger partial charge in [0.05, 0.1) is 16.7 Å². The Balaban J connectivity index is 1.32. The number of imide groups is 1. The van der Waals surface area contributed by atoms with Gasteiger partial charge in [-0.1, -0.05) is 30.3 Å². The molecule has 9 heteroatoms. The minimum absolute atomic E-state index is 0.0667. The predicted octanol–water partition coefficient (Wildman–Crippen LogP) is 3.52. The van der Waals surface area contributed by atoms with Gasteiger partial charge in [-0.25, -0.2) is 0 Å². The fourth-order valence-electron chi connectivity index (χ4n) is 4.17. The van der Waals surface area contributed by atoms with E-state index in [4.69, 9.17) is 4.74 Å². The van der Waals surface area contributed by atoms with Crippen molar-refractivity contribution in [2.45, 2.75) is 26.7 Å². The minimum atomic E-state index is -0.631. The first-order valence-corrected chi connectivity index (χ1v) is 11.4. The molecule has 3 aromatic rings. The zero-order valence-electron chi connectivity index (χ0n) is 19.9. The second-order valence-corrected chi connectivity index (χ2v) is 8.34. The number of ether oxygens (including phenoxy) is 1. The van der Waals surface area contributed by atoms with Crippen LogP contribution >= 0.6 is 0 Å². The molecule has 0 radical (unpaired) electrons. The summed E-state index contributed by atoms with van der Waals surface area (Å²) in [4.78, 5) is 50.6. The maximum atomic E-state index is 12.6. The van der Waals surface area contributed by atoms with E-state index in [1.807, 2.05) is 37.3 Å². The molecule has 0 aliphatic carbocycles. The number of aromatic nitrogens is 1. The van der Waals surface area contributed by atoms with Gasteiger partial charge in [0.1, 0.15) is 11.9 Å². The molecule has 0 atom stereocenters. The first kappa shape index (κ1) is 24.4. The average molecular weight is 485 g/mol. The monoisotopic (exact) mass is 484 g/mol. The smallest absolute Gasteiger partial charge is 0.306 e. The highest BCUT2D eigenvalue weighted by Gasteiger charge is 2.34. The summed E-state index contributed by atoms with van der Waals surface area (Å²) in [5.74, 6) is -1.68. The van der Waals surface area contributed by atoms with Crippen molar-refractivity contribution in [3.8, 4) is 11.8 Å². The van der Waals surface area contributed by atoms with Gasteiger partial charge in [-0.15, -0.1) is 0 Å². The third-order valence-electron chi connectivity index (χ3n) is 6.10. The lowest BCUT2D eigenvalue weighted by Gasteiger charge is -2.14. The van der Waals surface area contributed by atoms with Crippen LogP contribution in [0.5, 0.6) is 0 Å². The Kier molecular flexibility index (Phi) is 6.97. The molecule has 1 aromatic heterocycles. The number of amides is 3. The fraction of sp³-hybridized carbons (Fsp3) is 0.222. The molecule has 9 nitrogen and oxygen atoms in total. The van der Waals surface area contributed by atoms with E-state index < -0.39 is 18.5 Å². The molecule has 3 amide bonds. The number of hydrogen-bond acceptors (Lipinski definition) is 6. The van der Waals surface area contributed by atoms with Crippen LogP contribution in [0.4, 0.5) is 5.82 Å². The van der Waals surface area contributed by atoms with Crippen molar-refractivity contribution < 1.29 is 23.9 Å². The Morgan fingerprint density at radius 2 is 1.58 bits per heavy atom. The summed E-state index contributed by atoms with van der Waals surface area (Å²) in [6, 6.07) is 18.0. The number of para-hydroxylation sites is 1. The molecule has 2 heterocycles. The normalized spacial score (nSPS) is 12.3. The lowest BCUT2D eigenvalue weighted by atomic mass is 10.1. The maximum absolute atomic E-state index is 12.6. The number of carbonyl (C=O) groups excluding carboxylic acids is 4. The molecule has 1 N–H and O–H groups in total. The van der Waals surface area contributed by atoms with Crippen LogP contribution in [-0.4, -0.2) is 46.3 Å². The number of hydrogen-bond donors (Lipinski definition) is 1. The molecule has 0 saturated carbocycles. The summed E-state index contributed by atoms with van der Waals surface area (Å²) < 4.78 is 6.85. The van der Waals surface area contributed by atoms with E-state index in [-0.39, 0.29) is 31.2 Å². The van der Waals surface area contributed by atoms with Crippen LogP contribution in [0.1, 0.15) is 50.4 Å². The standard InChI is InChI=1S/C27H24N4O5/c1-17-18(2)31(19-9-4-3-5-10-19)25(22(17)15-28)29-23(32)16-36-24(33)13-8-14-30-26(34)20-11-6-7-12-21(20)27(30)35/h3-7,9-12H,8,13-14,16H2,1-2H3,(H,29,32). The number of nitrogens with one attached hydrogen (secondary N) is 1. The van der Waals surface area contributed by atoms with Gasteiger partial charge in [0.15, 0.2) is 6.61 Å². The molecule has 0 unspecified atom stereocenters. The number of benzene rings is 2. The number of anilines is 1. The number of fused-ring (bicyclic) bond motifs is 1. The van der Waals surface area contributed by atoms with Gasteiger partial charge in [0.25, 0.3) is 17.7 Å². The van der Waals surface area contributed by atoms with Gasteiger partial charge in [0.2, 0.25) is 0 Å². The van der Waals surface area contributed by atoms with E-state index in [0.29, 0.717) is 22.5 Å². The molecule has 36 heavy (non-hydrogen) atoms. The van der Waals surface area contributed by atoms with Gasteiger partial charge in [-0.2, -0.15) is 5.26 Å². The van der Waals surface area contributed by atoms with Crippen LogP contribution in [-0.2, 0) is 14.3 Å². The van der Waals surface area contributed by atoms with E-state index in [0.717, 1.165) is 21.8 Å². The number of nitriles is 1. The van der Waals surface area contributed by atoms with Crippen molar-refractivity contribution in [3.05, 3.63) is 82.5 Å². The summed E-state index contributed by atoms with van der Waals surface area (Å²) in [7, 11) is 0. The van der Waals surface area contributed by atoms with Gasteiger partial charge in [-0.3, -0.25) is 28.6 Å². The zero-order chi connectivity index (χ0) is 25.8. The van der Waals surface area contributed by atoms with E-state index >= 15 is 0 Å². The zero-order valence-corrected chi connectivity index (χ0v) is 19.9. The van der Waals surface area contributed by atoms with Gasteiger partial charge >= 0.3 is 5.97 Å². The Bertz CT molecular complexity index is 1370. The molecule has 0 bridgehead atoms. The van der Waals surface area contributed by atoms with Crippen molar-refractivity contribution in [1.82, 2.24) is 9.47 Å². The van der Waals surface area contributed by atoms with Crippen LogP contribution in [0.15, 0.2) is 54.6 Å². The van der Waals surface area contributed by atoms with E-state index in [9.17, 15) is 24.4 Å². The topological polar surface area (TPSA) is 122 Å². The molecule has 182 valence electrons. The second-order valence-electron chi connectivity index (χ2n) is 8.34. The first-order valence-electron chi connectivity index (χ1n) is 11.4. The molecule has 1 aliphatic heterocycles. The molecular formula is C27H24N4O5. The van der Waals surface area contributed by atoms with E-state index in [1.165, 1.54) is 0 Å². The van der Waals surface area contributed by atoms with Gasteiger partial charge in [-0.05, 0) is 50.1 Å². The molecule has 0 saturated heterocycles. The lowest BCUT2D eigenvalue weighted by Crippen LogP contribution is -2.31. The number of nitrogens with zero attached hydrogens (tertiary/aromatic N) is 3.